The molecule has 3 amide bonds. The van der Waals surface area contributed by atoms with Crippen LogP contribution in [0.15, 0.2) is 0 Å². The summed E-state index contributed by atoms with van der Waals surface area (Å²) >= 11 is 0. The van der Waals surface area contributed by atoms with Crippen molar-refractivity contribution in [3.63, 3.8) is 0 Å². The molecule has 3 fully saturated rings. The number of carbonyl (C=O) groups is 3. The molecule has 1 saturated carbocycles. The monoisotopic (exact) mass is 379 g/mol. The van der Waals surface area contributed by atoms with Crippen molar-refractivity contribution < 1.29 is 19.1 Å². The minimum absolute atomic E-state index is 0.0175. The van der Waals surface area contributed by atoms with Crippen LogP contribution in [0.2, 0.25) is 0 Å². The molecule has 3 aliphatic rings. The lowest BCUT2D eigenvalue weighted by Crippen LogP contribution is -2.47. The fraction of sp³-hybridized carbons (Fsp3) is 0.850. The van der Waals surface area contributed by atoms with Crippen molar-refractivity contribution in [3.8, 4) is 0 Å². The van der Waals surface area contributed by atoms with Gasteiger partial charge in [0.15, 0.2) is 0 Å². The fourth-order valence-corrected chi connectivity index (χ4v) is 4.66. The van der Waals surface area contributed by atoms with E-state index in [1.165, 1.54) is 4.90 Å². The summed E-state index contributed by atoms with van der Waals surface area (Å²) in [6.07, 6.45) is 6.61. The van der Waals surface area contributed by atoms with Crippen molar-refractivity contribution in [3.05, 3.63) is 0 Å². The highest BCUT2D eigenvalue weighted by molar-refractivity contribution is 6.06. The molecule has 0 aromatic rings. The Bertz CT molecular complexity index is 551. The zero-order valence-corrected chi connectivity index (χ0v) is 16.5. The first-order valence-corrected chi connectivity index (χ1v) is 10.5. The second-order valence-electron chi connectivity index (χ2n) is 8.17. The predicted octanol–water partition coefficient (Wildman–Crippen LogP) is 1.52. The maximum Gasteiger partial charge on any atom is 0.237 e. The summed E-state index contributed by atoms with van der Waals surface area (Å²) in [5.41, 5.74) is -0.392. The lowest BCUT2D eigenvalue weighted by molar-refractivity contribution is -0.144. The topological polar surface area (TPSA) is 79.0 Å². The van der Waals surface area contributed by atoms with Gasteiger partial charge in [0, 0.05) is 45.2 Å². The van der Waals surface area contributed by atoms with Gasteiger partial charge in [0.2, 0.25) is 17.7 Å². The van der Waals surface area contributed by atoms with Crippen LogP contribution < -0.4 is 5.32 Å². The van der Waals surface area contributed by atoms with E-state index in [-0.39, 0.29) is 23.6 Å². The van der Waals surface area contributed by atoms with Crippen molar-refractivity contribution in [2.24, 2.45) is 11.3 Å². The molecule has 152 valence electrons. The lowest BCUT2D eigenvalue weighted by Gasteiger charge is -2.33. The molecule has 27 heavy (non-hydrogen) atoms. The molecule has 0 aromatic carbocycles. The minimum atomic E-state index is -0.392. The average molecular weight is 380 g/mol. The van der Waals surface area contributed by atoms with E-state index in [9.17, 15) is 14.4 Å². The van der Waals surface area contributed by atoms with E-state index in [2.05, 4.69) is 10.2 Å². The summed E-state index contributed by atoms with van der Waals surface area (Å²) in [6.45, 7) is 5.88. The standard InChI is InChI=1S/C20H33N3O4/c1-2-27-13-5-10-21-18(25)16-6-11-22(12-7-16)15-23-17(24)14-20(19(23)26)8-3-4-9-20/h16H,2-15H2,1H3,(H,21,25). The molecular weight excluding hydrogens is 346 g/mol. The number of carbonyl (C=O) groups excluding carboxylic acids is 3. The van der Waals surface area contributed by atoms with Crippen LogP contribution in [0.25, 0.3) is 0 Å². The Hall–Kier alpha value is -1.47. The number of hydrogen-bond acceptors (Lipinski definition) is 5. The summed E-state index contributed by atoms with van der Waals surface area (Å²) in [5, 5.41) is 2.99. The van der Waals surface area contributed by atoms with E-state index < -0.39 is 5.41 Å². The van der Waals surface area contributed by atoms with E-state index in [4.69, 9.17) is 4.74 Å². The molecule has 1 aliphatic carbocycles. The predicted molar refractivity (Wildman–Crippen MR) is 101 cm³/mol. The Balaban J connectivity index is 1.40. The van der Waals surface area contributed by atoms with Crippen LogP contribution in [0.4, 0.5) is 0 Å². The van der Waals surface area contributed by atoms with Gasteiger partial charge < -0.3 is 10.1 Å². The highest BCUT2D eigenvalue weighted by Crippen LogP contribution is 2.46. The first kappa shape index (κ1) is 20.3. The van der Waals surface area contributed by atoms with Crippen molar-refractivity contribution in [1.29, 1.82) is 0 Å². The van der Waals surface area contributed by atoms with Gasteiger partial charge in [-0.3, -0.25) is 24.2 Å². The molecule has 7 heteroatoms. The van der Waals surface area contributed by atoms with Gasteiger partial charge in [-0.2, -0.15) is 0 Å². The molecular formula is C20H33N3O4. The van der Waals surface area contributed by atoms with E-state index in [1.54, 1.807) is 0 Å². The van der Waals surface area contributed by atoms with Crippen molar-refractivity contribution in [2.45, 2.75) is 58.3 Å². The van der Waals surface area contributed by atoms with Gasteiger partial charge >= 0.3 is 0 Å². The number of nitrogens with zero attached hydrogens (tertiary/aromatic N) is 2. The Morgan fingerprint density at radius 2 is 1.93 bits per heavy atom. The number of hydrogen-bond donors (Lipinski definition) is 1. The third-order valence-electron chi connectivity index (χ3n) is 6.32. The second kappa shape index (κ2) is 9.15. The van der Waals surface area contributed by atoms with Crippen molar-refractivity contribution >= 4 is 17.7 Å². The van der Waals surface area contributed by atoms with Gasteiger partial charge in [0.1, 0.15) is 0 Å². The summed E-state index contributed by atoms with van der Waals surface area (Å²) in [4.78, 5) is 41.1. The molecule has 7 nitrogen and oxygen atoms in total. The normalized spacial score (nSPS) is 23.5. The average Bonchev–Trinajstić information content (AvgIpc) is 3.23. The smallest absolute Gasteiger partial charge is 0.237 e. The summed E-state index contributed by atoms with van der Waals surface area (Å²) in [5.74, 6) is 0.166. The van der Waals surface area contributed by atoms with Crippen LogP contribution in [0.3, 0.4) is 0 Å². The third kappa shape index (κ3) is 4.69. The SMILES string of the molecule is CCOCCCNC(=O)C1CCN(CN2C(=O)CC3(CCCC3)C2=O)CC1. The van der Waals surface area contributed by atoms with Crippen LogP contribution in [-0.2, 0) is 19.1 Å². The zero-order chi connectivity index (χ0) is 19.3. The first-order chi connectivity index (χ1) is 13.1. The van der Waals surface area contributed by atoms with Crippen LogP contribution in [0.1, 0.15) is 58.3 Å². The number of likely N-dealkylation sites (tertiary alicyclic amines) is 2. The Morgan fingerprint density at radius 3 is 2.59 bits per heavy atom. The van der Waals surface area contributed by atoms with E-state index in [0.717, 1.165) is 58.0 Å². The van der Waals surface area contributed by atoms with Crippen LogP contribution in [0, 0.1) is 11.3 Å². The third-order valence-corrected chi connectivity index (χ3v) is 6.32. The molecule has 2 saturated heterocycles. The van der Waals surface area contributed by atoms with Gasteiger partial charge in [-0.25, -0.2) is 0 Å². The first-order valence-electron chi connectivity index (χ1n) is 10.5. The quantitative estimate of drug-likeness (QED) is 0.511. The maximum absolute atomic E-state index is 12.8. The van der Waals surface area contributed by atoms with Crippen LogP contribution >= 0.6 is 0 Å². The van der Waals surface area contributed by atoms with Crippen LogP contribution in [0.5, 0.6) is 0 Å². The highest BCUT2D eigenvalue weighted by atomic mass is 16.5. The molecule has 3 rings (SSSR count). The molecule has 0 aromatic heterocycles. The van der Waals surface area contributed by atoms with Gasteiger partial charge in [0.05, 0.1) is 12.1 Å². The van der Waals surface area contributed by atoms with Crippen molar-refractivity contribution in [1.82, 2.24) is 15.1 Å². The summed E-state index contributed by atoms with van der Waals surface area (Å²) < 4.78 is 5.27. The summed E-state index contributed by atoms with van der Waals surface area (Å²) in [7, 11) is 0. The van der Waals surface area contributed by atoms with E-state index in [1.807, 2.05) is 6.92 Å². The number of nitrogens with one attached hydrogen (secondary N) is 1. The van der Waals surface area contributed by atoms with Crippen LogP contribution in [-0.4, -0.2) is 67.0 Å². The number of amides is 3. The lowest BCUT2D eigenvalue weighted by atomic mass is 9.85. The highest BCUT2D eigenvalue weighted by Gasteiger charge is 2.52. The molecule has 0 atom stereocenters. The largest absolute Gasteiger partial charge is 0.382 e. The molecule has 2 heterocycles. The molecule has 1 spiro atoms. The molecule has 1 N–H and O–H groups in total. The Kier molecular flexibility index (Phi) is 6.87. The second-order valence-corrected chi connectivity index (χ2v) is 8.17. The minimum Gasteiger partial charge on any atom is -0.382 e. The number of piperidine rings is 1. The Labute approximate surface area is 161 Å². The van der Waals surface area contributed by atoms with Gasteiger partial charge in [-0.1, -0.05) is 12.8 Å². The fourth-order valence-electron chi connectivity index (χ4n) is 4.66. The maximum atomic E-state index is 12.8. The molecule has 0 unspecified atom stereocenters. The number of rotatable bonds is 8. The van der Waals surface area contributed by atoms with Gasteiger partial charge in [0.25, 0.3) is 0 Å². The number of imide groups is 1. The zero-order valence-electron chi connectivity index (χ0n) is 16.5. The summed E-state index contributed by atoms with van der Waals surface area (Å²) in [6, 6.07) is 0. The molecule has 0 bridgehead atoms. The number of ether oxygens (including phenoxy) is 1. The van der Waals surface area contributed by atoms with Gasteiger partial charge in [-0.05, 0) is 39.0 Å². The van der Waals surface area contributed by atoms with Gasteiger partial charge in [-0.15, -0.1) is 0 Å². The Morgan fingerprint density at radius 1 is 1.22 bits per heavy atom. The van der Waals surface area contributed by atoms with E-state index >= 15 is 0 Å². The van der Waals surface area contributed by atoms with E-state index in [0.29, 0.717) is 32.8 Å². The molecule has 2 aliphatic heterocycles. The molecule has 0 radical (unpaired) electrons. The van der Waals surface area contributed by atoms with Crippen molar-refractivity contribution in [2.75, 3.05) is 39.5 Å².